The van der Waals surface area contributed by atoms with E-state index in [1.807, 2.05) is 36.5 Å². The van der Waals surface area contributed by atoms with Gasteiger partial charge in [-0.25, -0.2) is 0 Å². The standard InChI is InChI=1S/C24H31N5/c1-5-12-24(4)15-19(14-23(2,3)29-24)26-22-11-10-21(27-28-22)18-13-17-8-6-7-9-20(17)25-16-18/h6-11,13,16,19,29H,5,12,14-15H2,1-4H3,(H,26,28). The summed E-state index contributed by atoms with van der Waals surface area (Å²) in [5.41, 5.74) is 3.07. The molecule has 2 aromatic heterocycles. The normalized spacial score (nSPS) is 23.8. The summed E-state index contributed by atoms with van der Waals surface area (Å²) < 4.78 is 0. The molecule has 0 amide bonds. The van der Waals surface area contributed by atoms with Crippen LogP contribution in [0.5, 0.6) is 0 Å². The maximum absolute atomic E-state index is 4.53. The minimum atomic E-state index is 0.101. The zero-order valence-electron chi connectivity index (χ0n) is 17.9. The number of piperidine rings is 1. The van der Waals surface area contributed by atoms with Gasteiger partial charge in [-0.2, -0.15) is 0 Å². The van der Waals surface area contributed by atoms with E-state index in [9.17, 15) is 0 Å². The first-order valence-electron chi connectivity index (χ1n) is 10.6. The third kappa shape index (κ3) is 4.56. The highest BCUT2D eigenvalue weighted by molar-refractivity contribution is 5.82. The molecule has 29 heavy (non-hydrogen) atoms. The molecule has 1 aliphatic rings. The summed E-state index contributed by atoms with van der Waals surface area (Å²) in [5.74, 6) is 0.837. The molecule has 1 aliphatic heterocycles. The van der Waals surface area contributed by atoms with Gasteiger partial charge in [0.2, 0.25) is 0 Å². The van der Waals surface area contributed by atoms with E-state index >= 15 is 0 Å². The van der Waals surface area contributed by atoms with Crippen molar-refractivity contribution in [1.29, 1.82) is 0 Å². The van der Waals surface area contributed by atoms with Gasteiger partial charge < -0.3 is 10.6 Å². The predicted molar refractivity (Wildman–Crippen MR) is 120 cm³/mol. The van der Waals surface area contributed by atoms with E-state index in [2.05, 4.69) is 65.6 Å². The number of para-hydroxylation sites is 1. The minimum Gasteiger partial charge on any atom is -0.366 e. The summed E-state index contributed by atoms with van der Waals surface area (Å²) in [6, 6.07) is 14.7. The maximum Gasteiger partial charge on any atom is 0.148 e. The van der Waals surface area contributed by atoms with E-state index in [0.717, 1.165) is 40.8 Å². The SMILES string of the molecule is CCCC1(C)CC(Nc2ccc(-c3cnc4ccccc4c3)nn2)CC(C)(C)N1. The number of nitrogens with one attached hydrogen (secondary N) is 2. The van der Waals surface area contributed by atoms with Crippen LogP contribution in [0, 0.1) is 0 Å². The van der Waals surface area contributed by atoms with Crippen LogP contribution in [0.25, 0.3) is 22.2 Å². The number of anilines is 1. The molecule has 3 aromatic rings. The van der Waals surface area contributed by atoms with Gasteiger partial charge in [0, 0.05) is 34.3 Å². The molecule has 3 heterocycles. The Kier molecular flexibility index (Phi) is 5.26. The van der Waals surface area contributed by atoms with E-state index in [1.54, 1.807) is 0 Å². The van der Waals surface area contributed by atoms with Gasteiger partial charge in [0.1, 0.15) is 5.82 Å². The number of aromatic nitrogens is 3. The second kappa shape index (κ2) is 7.71. The fourth-order valence-corrected chi connectivity index (χ4v) is 4.95. The number of nitrogens with zero attached hydrogens (tertiary/aromatic N) is 3. The van der Waals surface area contributed by atoms with Gasteiger partial charge >= 0.3 is 0 Å². The van der Waals surface area contributed by atoms with Crippen LogP contribution in [0.1, 0.15) is 53.4 Å². The topological polar surface area (TPSA) is 62.7 Å². The second-order valence-electron chi connectivity index (χ2n) is 9.29. The lowest BCUT2D eigenvalue weighted by Gasteiger charge is -2.48. The summed E-state index contributed by atoms with van der Waals surface area (Å²) in [4.78, 5) is 4.53. The maximum atomic E-state index is 4.53. The van der Waals surface area contributed by atoms with Crippen molar-refractivity contribution in [3.63, 3.8) is 0 Å². The van der Waals surface area contributed by atoms with Gasteiger partial charge in [-0.15, -0.1) is 10.2 Å². The van der Waals surface area contributed by atoms with Crippen molar-refractivity contribution in [2.75, 3.05) is 5.32 Å². The van der Waals surface area contributed by atoms with Gasteiger partial charge in [0.15, 0.2) is 0 Å². The Morgan fingerprint density at radius 1 is 1.07 bits per heavy atom. The third-order valence-electron chi connectivity index (χ3n) is 5.80. The number of pyridine rings is 1. The smallest absolute Gasteiger partial charge is 0.148 e. The van der Waals surface area contributed by atoms with Crippen molar-refractivity contribution in [2.45, 2.75) is 70.5 Å². The molecule has 5 nitrogen and oxygen atoms in total. The van der Waals surface area contributed by atoms with E-state index < -0.39 is 0 Å². The number of hydrogen-bond donors (Lipinski definition) is 2. The largest absolute Gasteiger partial charge is 0.366 e. The molecule has 1 aromatic carbocycles. The van der Waals surface area contributed by atoms with Crippen molar-refractivity contribution in [3.05, 3.63) is 48.7 Å². The van der Waals surface area contributed by atoms with Gasteiger partial charge in [-0.3, -0.25) is 4.98 Å². The first kappa shape index (κ1) is 19.8. The zero-order chi connectivity index (χ0) is 20.5. The lowest BCUT2D eigenvalue weighted by atomic mass is 9.76. The molecule has 152 valence electrons. The Morgan fingerprint density at radius 3 is 2.66 bits per heavy atom. The average molecular weight is 390 g/mol. The lowest BCUT2D eigenvalue weighted by molar-refractivity contribution is 0.146. The van der Waals surface area contributed by atoms with Crippen LogP contribution in [0.15, 0.2) is 48.7 Å². The Morgan fingerprint density at radius 2 is 1.90 bits per heavy atom. The molecule has 0 spiro atoms. The van der Waals surface area contributed by atoms with Crippen LogP contribution < -0.4 is 10.6 Å². The summed E-state index contributed by atoms with van der Waals surface area (Å²) in [6.07, 6.45) is 6.37. The van der Waals surface area contributed by atoms with Crippen molar-refractivity contribution in [3.8, 4) is 11.3 Å². The van der Waals surface area contributed by atoms with Gasteiger partial charge in [0.05, 0.1) is 11.2 Å². The second-order valence-corrected chi connectivity index (χ2v) is 9.29. The highest BCUT2D eigenvalue weighted by atomic mass is 15.2. The number of hydrogen-bond acceptors (Lipinski definition) is 5. The van der Waals surface area contributed by atoms with E-state index in [-0.39, 0.29) is 11.1 Å². The molecule has 0 bridgehead atoms. The summed E-state index contributed by atoms with van der Waals surface area (Å²) in [5, 5.41) is 17.5. The molecule has 0 aliphatic carbocycles. The van der Waals surface area contributed by atoms with Crippen molar-refractivity contribution in [1.82, 2.24) is 20.5 Å². The van der Waals surface area contributed by atoms with Crippen LogP contribution >= 0.6 is 0 Å². The fourth-order valence-electron chi connectivity index (χ4n) is 4.95. The molecule has 2 atom stereocenters. The summed E-state index contributed by atoms with van der Waals surface area (Å²) >= 11 is 0. The monoisotopic (exact) mass is 389 g/mol. The summed E-state index contributed by atoms with van der Waals surface area (Å²) in [6.45, 7) is 9.17. The molecule has 2 N–H and O–H groups in total. The van der Waals surface area contributed by atoms with Crippen LogP contribution in [-0.2, 0) is 0 Å². The van der Waals surface area contributed by atoms with Crippen LogP contribution in [0.3, 0.4) is 0 Å². The van der Waals surface area contributed by atoms with Crippen LogP contribution in [0.2, 0.25) is 0 Å². The molecular formula is C24H31N5. The van der Waals surface area contributed by atoms with Crippen molar-refractivity contribution in [2.24, 2.45) is 0 Å². The first-order valence-corrected chi connectivity index (χ1v) is 10.6. The highest BCUT2D eigenvalue weighted by Crippen LogP contribution is 2.33. The Balaban J connectivity index is 1.50. The van der Waals surface area contributed by atoms with Gasteiger partial charge in [-0.05, 0) is 64.3 Å². The molecule has 4 rings (SSSR count). The number of benzene rings is 1. The molecule has 5 heteroatoms. The predicted octanol–water partition coefficient (Wildman–Crippen LogP) is 5.19. The van der Waals surface area contributed by atoms with Crippen LogP contribution in [-0.4, -0.2) is 32.3 Å². The van der Waals surface area contributed by atoms with E-state index in [4.69, 9.17) is 0 Å². The molecule has 0 radical (unpaired) electrons. The fraction of sp³-hybridized carbons (Fsp3) is 0.458. The Hall–Kier alpha value is -2.53. The minimum absolute atomic E-state index is 0.101. The van der Waals surface area contributed by atoms with E-state index in [0.29, 0.717) is 6.04 Å². The molecule has 2 unspecified atom stereocenters. The molecular weight excluding hydrogens is 358 g/mol. The molecule has 0 saturated carbocycles. The average Bonchev–Trinajstić information content (AvgIpc) is 2.66. The Labute approximate surface area is 173 Å². The molecule has 1 fully saturated rings. The number of fused-ring (bicyclic) bond motifs is 1. The lowest BCUT2D eigenvalue weighted by Crippen LogP contribution is -2.61. The highest BCUT2D eigenvalue weighted by Gasteiger charge is 2.39. The van der Waals surface area contributed by atoms with Crippen LogP contribution in [0.4, 0.5) is 5.82 Å². The van der Waals surface area contributed by atoms with Gasteiger partial charge in [-0.1, -0.05) is 31.5 Å². The quantitative estimate of drug-likeness (QED) is 0.628. The summed E-state index contributed by atoms with van der Waals surface area (Å²) in [7, 11) is 0. The third-order valence-corrected chi connectivity index (χ3v) is 5.80. The molecule has 1 saturated heterocycles. The van der Waals surface area contributed by atoms with Gasteiger partial charge in [0.25, 0.3) is 0 Å². The first-order chi connectivity index (χ1) is 13.9. The number of rotatable bonds is 5. The zero-order valence-corrected chi connectivity index (χ0v) is 17.9. The van der Waals surface area contributed by atoms with E-state index in [1.165, 1.54) is 12.8 Å². The Bertz CT molecular complexity index is 982. The van der Waals surface area contributed by atoms with Crippen molar-refractivity contribution < 1.29 is 0 Å². The van der Waals surface area contributed by atoms with Crippen molar-refractivity contribution >= 4 is 16.7 Å².